The van der Waals surface area contributed by atoms with Crippen LogP contribution in [0, 0.1) is 0 Å². The second-order valence-electron chi connectivity index (χ2n) is 4.46. The molecule has 0 saturated heterocycles. The molecule has 1 fully saturated rings. The predicted octanol–water partition coefficient (Wildman–Crippen LogP) is 0.209. The van der Waals surface area contributed by atoms with Gasteiger partial charge in [-0.1, -0.05) is 0 Å². The van der Waals surface area contributed by atoms with Crippen LogP contribution in [0.15, 0.2) is 12.5 Å². The van der Waals surface area contributed by atoms with E-state index in [1.807, 2.05) is 0 Å². The minimum atomic E-state index is -1.05. The van der Waals surface area contributed by atoms with E-state index in [0.29, 0.717) is 5.69 Å². The third-order valence-corrected chi connectivity index (χ3v) is 2.99. The number of carboxylic acids is 1. The zero-order chi connectivity index (χ0) is 13.1. The number of aromatic amines is 1. The first-order valence-electron chi connectivity index (χ1n) is 5.81. The van der Waals surface area contributed by atoms with Crippen LogP contribution in [0.1, 0.15) is 18.5 Å². The maximum absolute atomic E-state index is 11.8. The minimum Gasteiger partial charge on any atom is -0.480 e. The van der Waals surface area contributed by atoms with Crippen molar-refractivity contribution >= 4 is 12.0 Å². The number of aromatic nitrogens is 2. The summed E-state index contributed by atoms with van der Waals surface area (Å²) in [4.78, 5) is 31.1. The number of carbonyl (C=O) groups is 2. The molecule has 7 nitrogen and oxygen atoms in total. The smallest absolute Gasteiger partial charge is 0.326 e. The van der Waals surface area contributed by atoms with Gasteiger partial charge < -0.3 is 20.3 Å². The Morgan fingerprint density at radius 1 is 1.67 bits per heavy atom. The van der Waals surface area contributed by atoms with Gasteiger partial charge in [0.05, 0.1) is 6.33 Å². The Morgan fingerprint density at radius 3 is 2.89 bits per heavy atom. The monoisotopic (exact) mass is 252 g/mol. The molecule has 1 aliphatic carbocycles. The summed E-state index contributed by atoms with van der Waals surface area (Å²) in [6.45, 7) is 0. The summed E-state index contributed by atoms with van der Waals surface area (Å²) < 4.78 is 0. The molecule has 1 saturated carbocycles. The van der Waals surface area contributed by atoms with Gasteiger partial charge in [-0.2, -0.15) is 0 Å². The van der Waals surface area contributed by atoms with Crippen molar-refractivity contribution in [1.82, 2.24) is 20.2 Å². The predicted molar refractivity (Wildman–Crippen MR) is 63.0 cm³/mol. The molecular formula is C11H16N4O3. The van der Waals surface area contributed by atoms with Crippen LogP contribution < -0.4 is 5.32 Å². The Balaban J connectivity index is 1.93. The van der Waals surface area contributed by atoms with Gasteiger partial charge in [-0.05, 0) is 12.8 Å². The summed E-state index contributed by atoms with van der Waals surface area (Å²) in [7, 11) is 1.68. The molecule has 1 aromatic heterocycles. The number of hydrogen-bond acceptors (Lipinski definition) is 3. The molecule has 3 N–H and O–H groups in total. The summed E-state index contributed by atoms with van der Waals surface area (Å²) in [5.41, 5.74) is 0.678. The van der Waals surface area contributed by atoms with Crippen molar-refractivity contribution in [3.8, 4) is 0 Å². The fourth-order valence-corrected chi connectivity index (χ4v) is 1.69. The number of nitrogens with one attached hydrogen (secondary N) is 2. The van der Waals surface area contributed by atoms with Gasteiger partial charge in [-0.3, -0.25) is 0 Å². The van der Waals surface area contributed by atoms with Gasteiger partial charge in [-0.15, -0.1) is 0 Å². The zero-order valence-electron chi connectivity index (χ0n) is 10.1. The third-order valence-electron chi connectivity index (χ3n) is 2.99. The molecule has 18 heavy (non-hydrogen) atoms. The number of rotatable bonds is 5. The van der Waals surface area contributed by atoms with Crippen LogP contribution in [0.4, 0.5) is 4.79 Å². The summed E-state index contributed by atoms with van der Waals surface area (Å²) in [5.74, 6) is -1.05. The molecule has 1 atom stereocenters. The number of carbonyl (C=O) groups excluding carboxylic acids is 1. The molecule has 2 amide bonds. The second-order valence-corrected chi connectivity index (χ2v) is 4.46. The van der Waals surface area contributed by atoms with Crippen LogP contribution in [-0.4, -0.2) is 51.1 Å². The van der Waals surface area contributed by atoms with E-state index in [1.54, 1.807) is 18.1 Å². The van der Waals surface area contributed by atoms with E-state index in [9.17, 15) is 9.59 Å². The number of H-pyrrole nitrogens is 1. The minimum absolute atomic E-state index is 0.194. The Hall–Kier alpha value is -2.05. The third kappa shape index (κ3) is 2.99. The number of imidazole rings is 1. The van der Waals surface area contributed by atoms with E-state index in [-0.39, 0.29) is 18.5 Å². The molecule has 7 heteroatoms. The van der Waals surface area contributed by atoms with E-state index >= 15 is 0 Å². The molecule has 0 unspecified atom stereocenters. The first kappa shape index (κ1) is 12.4. The second kappa shape index (κ2) is 5.07. The zero-order valence-corrected chi connectivity index (χ0v) is 10.1. The molecule has 0 bridgehead atoms. The molecule has 2 rings (SSSR count). The number of nitrogens with zero attached hydrogens (tertiary/aromatic N) is 2. The lowest BCUT2D eigenvalue weighted by atomic mass is 10.1. The molecule has 0 spiro atoms. The number of carboxylic acid groups (broad SMARTS) is 1. The van der Waals surface area contributed by atoms with Crippen molar-refractivity contribution in [2.75, 3.05) is 7.05 Å². The highest BCUT2D eigenvalue weighted by molar-refractivity contribution is 5.82. The van der Waals surface area contributed by atoms with Gasteiger partial charge in [-0.25, -0.2) is 14.6 Å². The van der Waals surface area contributed by atoms with Crippen molar-refractivity contribution in [1.29, 1.82) is 0 Å². The van der Waals surface area contributed by atoms with E-state index in [0.717, 1.165) is 12.8 Å². The Bertz CT molecular complexity index is 428. The van der Waals surface area contributed by atoms with Crippen molar-refractivity contribution < 1.29 is 14.7 Å². The van der Waals surface area contributed by atoms with Crippen LogP contribution >= 0.6 is 0 Å². The first-order chi connectivity index (χ1) is 8.58. The Morgan fingerprint density at radius 2 is 2.39 bits per heavy atom. The summed E-state index contributed by atoms with van der Waals surface area (Å²) in [6, 6.07) is -1.03. The maximum Gasteiger partial charge on any atom is 0.326 e. The Labute approximate surface area is 104 Å². The van der Waals surface area contributed by atoms with Crippen molar-refractivity contribution in [3.05, 3.63) is 18.2 Å². The number of urea groups is 1. The molecule has 0 radical (unpaired) electrons. The van der Waals surface area contributed by atoms with E-state index in [4.69, 9.17) is 5.11 Å². The van der Waals surface area contributed by atoms with Crippen LogP contribution in [0.3, 0.4) is 0 Å². The fourth-order valence-electron chi connectivity index (χ4n) is 1.69. The first-order valence-corrected chi connectivity index (χ1v) is 5.81. The van der Waals surface area contributed by atoms with Crippen LogP contribution in [0.5, 0.6) is 0 Å². The SMILES string of the molecule is CN(C(=O)N[C@@H](Cc1cnc[nH]1)C(=O)O)C1CC1. The van der Waals surface area contributed by atoms with Gasteiger partial charge in [0, 0.05) is 31.4 Å². The number of hydrogen-bond donors (Lipinski definition) is 3. The molecular weight excluding hydrogens is 236 g/mol. The van der Waals surface area contributed by atoms with Gasteiger partial charge >= 0.3 is 12.0 Å². The molecule has 98 valence electrons. The fraction of sp³-hybridized carbons (Fsp3) is 0.545. The largest absolute Gasteiger partial charge is 0.480 e. The van der Waals surface area contributed by atoms with Crippen LogP contribution in [-0.2, 0) is 11.2 Å². The van der Waals surface area contributed by atoms with Crippen molar-refractivity contribution in [3.63, 3.8) is 0 Å². The molecule has 1 aromatic rings. The van der Waals surface area contributed by atoms with E-state index in [1.165, 1.54) is 6.33 Å². The molecule has 1 heterocycles. The standard InChI is InChI=1S/C11H16N4O3/c1-15(8-2-3-8)11(18)14-9(10(16)17)4-7-5-12-6-13-7/h5-6,8-9H,2-4H2,1H3,(H,12,13)(H,14,18)(H,16,17)/t9-/m0/s1. The van der Waals surface area contributed by atoms with Crippen LogP contribution in [0.2, 0.25) is 0 Å². The maximum atomic E-state index is 11.8. The highest BCUT2D eigenvalue weighted by Gasteiger charge is 2.31. The quantitative estimate of drug-likeness (QED) is 0.697. The lowest BCUT2D eigenvalue weighted by Gasteiger charge is -2.20. The van der Waals surface area contributed by atoms with Crippen LogP contribution in [0.25, 0.3) is 0 Å². The highest BCUT2D eigenvalue weighted by Crippen LogP contribution is 2.25. The summed E-state index contributed by atoms with van der Waals surface area (Å²) >= 11 is 0. The van der Waals surface area contributed by atoms with E-state index < -0.39 is 12.0 Å². The average molecular weight is 252 g/mol. The Kier molecular flexibility index (Phi) is 3.50. The molecule has 0 aliphatic heterocycles. The van der Waals surface area contributed by atoms with Gasteiger partial charge in [0.1, 0.15) is 6.04 Å². The van der Waals surface area contributed by atoms with Gasteiger partial charge in [0.15, 0.2) is 0 Å². The lowest BCUT2D eigenvalue weighted by Crippen LogP contribution is -2.48. The number of amides is 2. The number of aliphatic carboxylic acids is 1. The normalized spacial score (nSPS) is 16.1. The summed E-state index contributed by atoms with van der Waals surface area (Å²) in [5, 5.41) is 11.6. The molecule has 0 aromatic carbocycles. The van der Waals surface area contributed by atoms with Gasteiger partial charge in [0.2, 0.25) is 0 Å². The van der Waals surface area contributed by atoms with Gasteiger partial charge in [0.25, 0.3) is 0 Å². The lowest BCUT2D eigenvalue weighted by molar-refractivity contribution is -0.139. The molecule has 1 aliphatic rings. The van der Waals surface area contributed by atoms with Crippen molar-refractivity contribution in [2.45, 2.75) is 31.3 Å². The summed E-state index contributed by atoms with van der Waals surface area (Å²) in [6.07, 6.45) is 5.20. The highest BCUT2D eigenvalue weighted by atomic mass is 16.4. The van der Waals surface area contributed by atoms with Crippen molar-refractivity contribution in [2.24, 2.45) is 0 Å². The average Bonchev–Trinajstić information content (AvgIpc) is 3.06. The van der Waals surface area contributed by atoms with E-state index in [2.05, 4.69) is 15.3 Å². The topological polar surface area (TPSA) is 98.3 Å².